The molecule has 2 aromatic carbocycles. The van der Waals surface area contributed by atoms with Crippen LogP contribution >= 0.6 is 42.8 Å². The third-order valence-corrected chi connectivity index (χ3v) is 9.22. The van der Waals surface area contributed by atoms with Crippen molar-refractivity contribution in [1.82, 2.24) is 0 Å². The van der Waals surface area contributed by atoms with E-state index < -0.39 is 30.6 Å². The van der Waals surface area contributed by atoms with Gasteiger partial charge >= 0.3 is 134 Å². The number of hydrogen-bond acceptors (Lipinski definition) is 3. The quantitative estimate of drug-likeness (QED) is 0.512. The van der Waals surface area contributed by atoms with Gasteiger partial charge in [0.05, 0.1) is 0 Å². The van der Waals surface area contributed by atoms with Crippen LogP contribution in [0.3, 0.4) is 0 Å². The standard InChI is InChI=1S/C12H10I2O4S/c13-10-6-8-12(9-7-10)14(18-19(15,16)17)11-4-2-1-3-5-11/h1-9H,(H,15,16,17). The van der Waals surface area contributed by atoms with Crippen LogP contribution in [-0.4, -0.2) is 13.0 Å². The molecule has 1 N–H and O–H groups in total. The molecule has 102 valence electrons. The molecule has 19 heavy (non-hydrogen) atoms. The molecule has 0 heterocycles. The summed E-state index contributed by atoms with van der Waals surface area (Å²) >= 11 is -0.468. The molecule has 4 nitrogen and oxygen atoms in total. The number of benzene rings is 2. The van der Waals surface area contributed by atoms with E-state index in [1.54, 1.807) is 0 Å². The molecule has 2 rings (SSSR count). The van der Waals surface area contributed by atoms with Crippen molar-refractivity contribution >= 4 is 53.2 Å². The van der Waals surface area contributed by atoms with Crippen molar-refractivity contribution in [2.24, 2.45) is 0 Å². The molecule has 0 fully saturated rings. The van der Waals surface area contributed by atoms with Crippen LogP contribution in [-0.2, 0) is 12.9 Å². The molecule has 0 atom stereocenters. The van der Waals surface area contributed by atoms with E-state index in [9.17, 15) is 8.42 Å². The Labute approximate surface area is 133 Å². The molecule has 7 heteroatoms. The molecule has 0 unspecified atom stereocenters. The van der Waals surface area contributed by atoms with E-state index >= 15 is 0 Å². The van der Waals surface area contributed by atoms with Crippen LogP contribution in [0.2, 0.25) is 0 Å². The van der Waals surface area contributed by atoms with Gasteiger partial charge in [-0.25, -0.2) is 0 Å². The van der Waals surface area contributed by atoms with Crippen molar-refractivity contribution in [2.75, 3.05) is 0 Å². The summed E-state index contributed by atoms with van der Waals surface area (Å²) in [6.07, 6.45) is 0. The van der Waals surface area contributed by atoms with E-state index in [-0.39, 0.29) is 0 Å². The van der Waals surface area contributed by atoms with Gasteiger partial charge in [0.2, 0.25) is 0 Å². The Balaban J connectivity index is 2.43. The van der Waals surface area contributed by atoms with Gasteiger partial charge < -0.3 is 0 Å². The first-order valence-corrected chi connectivity index (χ1v) is 10.6. The molecule has 0 bridgehead atoms. The molecule has 0 aliphatic carbocycles. The molecule has 0 saturated carbocycles. The zero-order chi connectivity index (χ0) is 13.9. The average Bonchev–Trinajstić information content (AvgIpc) is 2.37. The van der Waals surface area contributed by atoms with Gasteiger partial charge in [0.25, 0.3) is 0 Å². The molecule has 0 saturated heterocycles. The van der Waals surface area contributed by atoms with Crippen molar-refractivity contribution in [2.45, 2.75) is 0 Å². The van der Waals surface area contributed by atoms with Crippen molar-refractivity contribution < 1.29 is 15.5 Å². The summed E-state index contributed by atoms with van der Waals surface area (Å²) in [4.78, 5) is 0. The summed E-state index contributed by atoms with van der Waals surface area (Å²) in [5.41, 5.74) is 0. The first-order chi connectivity index (χ1) is 8.96. The monoisotopic (exact) mass is 504 g/mol. The van der Waals surface area contributed by atoms with Crippen LogP contribution in [0.15, 0.2) is 54.6 Å². The van der Waals surface area contributed by atoms with Crippen LogP contribution in [0.5, 0.6) is 0 Å². The zero-order valence-corrected chi connectivity index (χ0v) is 14.7. The van der Waals surface area contributed by atoms with Crippen molar-refractivity contribution in [3.8, 4) is 0 Å². The van der Waals surface area contributed by atoms with Gasteiger partial charge in [-0.1, -0.05) is 0 Å². The minimum atomic E-state index is -4.46. The van der Waals surface area contributed by atoms with Gasteiger partial charge in [-0.15, -0.1) is 0 Å². The number of hydrogen-bond donors (Lipinski definition) is 1. The van der Waals surface area contributed by atoms with E-state index in [0.29, 0.717) is 0 Å². The molecule has 0 aliphatic rings. The van der Waals surface area contributed by atoms with E-state index in [1.807, 2.05) is 54.6 Å². The van der Waals surface area contributed by atoms with Crippen LogP contribution < -0.4 is 0 Å². The Morgan fingerprint density at radius 1 is 0.947 bits per heavy atom. The first-order valence-electron chi connectivity index (χ1n) is 5.14. The van der Waals surface area contributed by atoms with Gasteiger partial charge in [-0.05, 0) is 0 Å². The van der Waals surface area contributed by atoms with Gasteiger partial charge in [-0.3, -0.25) is 0 Å². The predicted octanol–water partition coefficient (Wildman–Crippen LogP) is 3.57. The number of halogens is 2. The van der Waals surface area contributed by atoms with Gasteiger partial charge in [-0.2, -0.15) is 0 Å². The maximum absolute atomic E-state index is 11.0. The van der Waals surface area contributed by atoms with E-state index in [1.165, 1.54) is 0 Å². The summed E-state index contributed by atoms with van der Waals surface area (Å²) in [5, 5.41) is 0. The second-order valence-electron chi connectivity index (χ2n) is 3.47. The third kappa shape index (κ3) is 4.67. The van der Waals surface area contributed by atoms with Gasteiger partial charge in [0, 0.05) is 0 Å². The van der Waals surface area contributed by atoms with Crippen LogP contribution in [0.4, 0.5) is 0 Å². The molecule has 2 aromatic rings. The average molecular weight is 504 g/mol. The molecule has 0 amide bonds. The van der Waals surface area contributed by atoms with E-state index in [2.05, 4.69) is 22.6 Å². The Kier molecular flexibility index (Phi) is 5.17. The van der Waals surface area contributed by atoms with E-state index in [4.69, 9.17) is 7.07 Å². The molecule has 0 aliphatic heterocycles. The van der Waals surface area contributed by atoms with Crippen LogP contribution in [0.25, 0.3) is 0 Å². The molecular weight excluding hydrogens is 494 g/mol. The predicted molar refractivity (Wildman–Crippen MR) is 89.6 cm³/mol. The summed E-state index contributed by atoms with van der Waals surface area (Å²) in [7, 11) is -4.46. The Morgan fingerprint density at radius 3 is 2.00 bits per heavy atom. The maximum atomic E-state index is 11.0. The fourth-order valence-corrected chi connectivity index (χ4v) is 7.42. The van der Waals surface area contributed by atoms with Crippen LogP contribution in [0, 0.1) is 10.7 Å². The molecule has 0 radical (unpaired) electrons. The van der Waals surface area contributed by atoms with Crippen molar-refractivity contribution in [3.05, 3.63) is 65.3 Å². The molecule has 0 aromatic heterocycles. The zero-order valence-electron chi connectivity index (χ0n) is 9.53. The molecule has 0 spiro atoms. The first kappa shape index (κ1) is 15.2. The fraction of sp³-hybridized carbons (Fsp3) is 0. The minimum absolute atomic E-state index is 0.811. The second-order valence-corrected chi connectivity index (χ2v) is 10.7. The normalized spacial score (nSPS) is 12.2. The van der Waals surface area contributed by atoms with Gasteiger partial charge in [0.1, 0.15) is 0 Å². The summed E-state index contributed by atoms with van der Waals surface area (Å²) in [6.45, 7) is 0. The molecular formula is C12H10I2O4S. The fourth-order valence-electron chi connectivity index (χ4n) is 1.35. The Bertz CT molecular complexity index is 641. The topological polar surface area (TPSA) is 63.6 Å². The van der Waals surface area contributed by atoms with Crippen LogP contribution in [0.1, 0.15) is 0 Å². The third-order valence-electron chi connectivity index (χ3n) is 2.08. The Hall–Kier alpha value is -0.230. The van der Waals surface area contributed by atoms with Gasteiger partial charge in [0.15, 0.2) is 0 Å². The Morgan fingerprint density at radius 2 is 1.47 bits per heavy atom. The summed E-state index contributed by atoms with van der Waals surface area (Å²) in [6, 6.07) is 16.6. The SMILES string of the molecule is O=S(=O)(O)OI(c1ccccc1)c1ccc(I)cc1. The van der Waals surface area contributed by atoms with Crippen molar-refractivity contribution in [3.63, 3.8) is 0 Å². The summed E-state index contributed by atoms with van der Waals surface area (Å²) < 4.78 is 38.6. The number of rotatable bonds is 4. The van der Waals surface area contributed by atoms with E-state index in [0.717, 1.165) is 10.7 Å². The second kappa shape index (κ2) is 6.48. The summed E-state index contributed by atoms with van der Waals surface area (Å²) in [5.74, 6) is 0. The van der Waals surface area contributed by atoms with Crippen molar-refractivity contribution in [1.29, 1.82) is 0 Å².